The lowest BCUT2D eigenvalue weighted by molar-refractivity contribution is -0.170. The first-order chi connectivity index (χ1) is 10.2. The summed E-state index contributed by atoms with van der Waals surface area (Å²) in [5.41, 5.74) is -0.152. The molecule has 5 aliphatic carbocycles. The molecular formula is C19H30O2. The highest BCUT2D eigenvalue weighted by Crippen LogP contribution is 2.58. The van der Waals surface area contributed by atoms with Crippen molar-refractivity contribution in [3.8, 4) is 0 Å². The van der Waals surface area contributed by atoms with Crippen LogP contribution < -0.4 is 0 Å². The van der Waals surface area contributed by atoms with Gasteiger partial charge in [0.2, 0.25) is 0 Å². The van der Waals surface area contributed by atoms with Crippen LogP contribution in [-0.2, 0) is 9.53 Å². The van der Waals surface area contributed by atoms with Gasteiger partial charge in [0.25, 0.3) is 0 Å². The second-order valence-corrected chi connectivity index (χ2v) is 8.53. The number of ether oxygens (including phenoxy) is 1. The number of carbonyl (C=O) groups is 1. The molecule has 0 aliphatic heterocycles. The van der Waals surface area contributed by atoms with Crippen molar-refractivity contribution in [2.75, 3.05) is 0 Å². The molecule has 2 nitrogen and oxygen atoms in total. The Morgan fingerprint density at radius 1 is 0.905 bits per heavy atom. The zero-order chi connectivity index (χ0) is 14.4. The van der Waals surface area contributed by atoms with Crippen molar-refractivity contribution >= 4 is 5.97 Å². The molecule has 0 aromatic heterocycles. The van der Waals surface area contributed by atoms with E-state index in [1.807, 2.05) is 0 Å². The molecule has 2 heteroatoms. The minimum absolute atomic E-state index is 0.152. The van der Waals surface area contributed by atoms with Gasteiger partial charge in [-0.2, -0.15) is 0 Å². The van der Waals surface area contributed by atoms with Crippen LogP contribution in [0.1, 0.15) is 77.6 Å². The topological polar surface area (TPSA) is 26.3 Å². The predicted molar refractivity (Wildman–Crippen MR) is 82.7 cm³/mol. The fraction of sp³-hybridized carbons (Fsp3) is 0.947. The van der Waals surface area contributed by atoms with E-state index in [4.69, 9.17) is 4.74 Å². The van der Waals surface area contributed by atoms with Crippen molar-refractivity contribution in [1.82, 2.24) is 0 Å². The molecule has 0 heterocycles. The smallest absolute Gasteiger partial charge is 0.309 e. The number of fused-ring (bicyclic) bond motifs is 2. The predicted octanol–water partition coefficient (Wildman–Crippen LogP) is 4.71. The van der Waals surface area contributed by atoms with Gasteiger partial charge in [0.1, 0.15) is 5.60 Å². The summed E-state index contributed by atoms with van der Waals surface area (Å²) in [6, 6.07) is 0. The Morgan fingerprint density at radius 3 is 2.29 bits per heavy atom. The Morgan fingerprint density at radius 2 is 1.57 bits per heavy atom. The van der Waals surface area contributed by atoms with Gasteiger partial charge in [0.15, 0.2) is 0 Å². The van der Waals surface area contributed by atoms with Crippen LogP contribution in [0.15, 0.2) is 0 Å². The Labute approximate surface area is 129 Å². The van der Waals surface area contributed by atoms with E-state index in [0.717, 1.165) is 37.0 Å². The third kappa shape index (κ3) is 2.43. The normalized spacial score (nSPS) is 44.3. The highest BCUT2D eigenvalue weighted by Gasteiger charge is 2.53. The maximum Gasteiger partial charge on any atom is 0.309 e. The van der Waals surface area contributed by atoms with Crippen LogP contribution in [0.5, 0.6) is 0 Å². The van der Waals surface area contributed by atoms with E-state index in [1.165, 1.54) is 51.4 Å². The molecule has 5 saturated carbocycles. The Hall–Kier alpha value is -0.530. The molecule has 0 aromatic rings. The van der Waals surface area contributed by atoms with E-state index in [0.29, 0.717) is 5.92 Å². The van der Waals surface area contributed by atoms with Gasteiger partial charge in [-0.25, -0.2) is 0 Å². The SMILES string of the molecule is CC1(OC(=O)C2CCC3C4CCC(CC4)C23)CCCCC1. The lowest BCUT2D eigenvalue weighted by Crippen LogP contribution is -2.43. The third-order valence-corrected chi connectivity index (χ3v) is 7.30. The van der Waals surface area contributed by atoms with Gasteiger partial charge in [-0.1, -0.05) is 6.42 Å². The number of esters is 1. The van der Waals surface area contributed by atoms with Crippen molar-refractivity contribution in [1.29, 1.82) is 0 Å². The second-order valence-electron chi connectivity index (χ2n) is 8.53. The molecule has 0 saturated heterocycles. The standard InChI is InChI=1S/C19H30O2/c1-19(11-3-2-4-12-19)21-18(20)16-10-9-15-13-5-7-14(8-6-13)17(15)16/h13-17H,2-12H2,1H3. The van der Waals surface area contributed by atoms with E-state index in [9.17, 15) is 4.79 Å². The van der Waals surface area contributed by atoms with Crippen molar-refractivity contribution in [3.63, 3.8) is 0 Å². The zero-order valence-corrected chi connectivity index (χ0v) is 13.5. The molecule has 5 aliphatic rings. The first-order valence-corrected chi connectivity index (χ1v) is 9.39. The summed E-state index contributed by atoms with van der Waals surface area (Å²) in [5, 5.41) is 0. The molecule has 3 unspecified atom stereocenters. The lowest BCUT2D eigenvalue weighted by Gasteiger charge is -2.47. The van der Waals surface area contributed by atoms with E-state index in [-0.39, 0.29) is 17.5 Å². The van der Waals surface area contributed by atoms with Gasteiger partial charge in [-0.05, 0) is 94.8 Å². The van der Waals surface area contributed by atoms with E-state index in [2.05, 4.69) is 6.92 Å². The monoisotopic (exact) mass is 290 g/mol. The van der Waals surface area contributed by atoms with Crippen LogP contribution in [0.25, 0.3) is 0 Å². The average Bonchev–Trinajstić information content (AvgIpc) is 2.96. The minimum atomic E-state index is -0.152. The van der Waals surface area contributed by atoms with E-state index in [1.54, 1.807) is 0 Å². The highest BCUT2D eigenvalue weighted by atomic mass is 16.6. The highest BCUT2D eigenvalue weighted by molar-refractivity contribution is 5.74. The Kier molecular flexibility index (Phi) is 3.54. The fourth-order valence-corrected chi connectivity index (χ4v) is 6.24. The lowest BCUT2D eigenvalue weighted by atomic mass is 9.58. The van der Waals surface area contributed by atoms with Crippen molar-refractivity contribution in [2.24, 2.45) is 29.6 Å². The van der Waals surface area contributed by atoms with Gasteiger partial charge < -0.3 is 4.74 Å². The summed E-state index contributed by atoms with van der Waals surface area (Å²) >= 11 is 0. The summed E-state index contributed by atoms with van der Waals surface area (Å²) < 4.78 is 6.08. The van der Waals surface area contributed by atoms with Crippen LogP contribution in [0.4, 0.5) is 0 Å². The molecule has 0 aromatic carbocycles. The van der Waals surface area contributed by atoms with Crippen molar-refractivity contribution < 1.29 is 9.53 Å². The second kappa shape index (κ2) is 5.28. The van der Waals surface area contributed by atoms with Gasteiger partial charge in [-0.3, -0.25) is 4.79 Å². The first kappa shape index (κ1) is 14.1. The Bertz CT molecular complexity index is 402. The molecule has 5 fully saturated rings. The summed E-state index contributed by atoms with van der Waals surface area (Å²) in [6.45, 7) is 2.17. The maximum atomic E-state index is 12.8. The first-order valence-electron chi connectivity index (χ1n) is 9.39. The largest absolute Gasteiger partial charge is 0.459 e. The minimum Gasteiger partial charge on any atom is -0.459 e. The molecule has 0 N–H and O–H groups in total. The van der Waals surface area contributed by atoms with Crippen LogP contribution in [0.3, 0.4) is 0 Å². The Balaban J connectivity index is 1.45. The number of rotatable bonds is 2. The number of hydrogen-bond acceptors (Lipinski definition) is 2. The fourth-order valence-electron chi connectivity index (χ4n) is 6.24. The van der Waals surface area contributed by atoms with Gasteiger partial charge in [-0.15, -0.1) is 0 Å². The molecule has 0 radical (unpaired) electrons. The quantitative estimate of drug-likeness (QED) is 0.688. The number of carbonyl (C=O) groups excluding carboxylic acids is 1. The molecule has 0 amide bonds. The van der Waals surface area contributed by atoms with Crippen LogP contribution >= 0.6 is 0 Å². The number of hydrogen-bond donors (Lipinski definition) is 0. The zero-order valence-electron chi connectivity index (χ0n) is 13.5. The van der Waals surface area contributed by atoms with Crippen LogP contribution in [0, 0.1) is 29.6 Å². The summed E-state index contributed by atoms with van der Waals surface area (Å²) in [4.78, 5) is 12.8. The summed E-state index contributed by atoms with van der Waals surface area (Å²) in [6.07, 6.45) is 14.0. The molecule has 118 valence electrons. The molecule has 3 atom stereocenters. The molecule has 0 spiro atoms. The van der Waals surface area contributed by atoms with Crippen LogP contribution in [-0.4, -0.2) is 11.6 Å². The van der Waals surface area contributed by atoms with Crippen molar-refractivity contribution in [3.05, 3.63) is 0 Å². The molecule has 2 bridgehead atoms. The van der Waals surface area contributed by atoms with E-state index >= 15 is 0 Å². The van der Waals surface area contributed by atoms with Gasteiger partial charge in [0, 0.05) is 0 Å². The van der Waals surface area contributed by atoms with Gasteiger partial charge in [0.05, 0.1) is 5.92 Å². The molecule has 5 rings (SSSR count). The van der Waals surface area contributed by atoms with Gasteiger partial charge >= 0.3 is 5.97 Å². The van der Waals surface area contributed by atoms with Crippen molar-refractivity contribution in [2.45, 2.75) is 83.2 Å². The third-order valence-electron chi connectivity index (χ3n) is 7.30. The molecule has 21 heavy (non-hydrogen) atoms. The summed E-state index contributed by atoms with van der Waals surface area (Å²) in [7, 11) is 0. The van der Waals surface area contributed by atoms with Crippen LogP contribution in [0.2, 0.25) is 0 Å². The maximum absolute atomic E-state index is 12.8. The summed E-state index contributed by atoms with van der Waals surface area (Å²) in [5.74, 6) is 3.70. The van der Waals surface area contributed by atoms with E-state index < -0.39 is 0 Å². The average molecular weight is 290 g/mol. The molecular weight excluding hydrogens is 260 g/mol.